The molecule has 0 unspecified atom stereocenters. The fourth-order valence-corrected chi connectivity index (χ4v) is 2.80. The summed E-state index contributed by atoms with van der Waals surface area (Å²) in [5.41, 5.74) is 7.22. The maximum Gasteiger partial charge on any atom is 0.261 e. The lowest BCUT2D eigenvalue weighted by Gasteiger charge is -2.17. The average Bonchev–Trinajstić information content (AvgIpc) is 2.85. The number of rotatable bonds is 1. The summed E-state index contributed by atoms with van der Waals surface area (Å²) in [6.45, 7) is 2.96. The molecule has 0 bridgehead atoms. The van der Waals surface area contributed by atoms with Gasteiger partial charge in [0.25, 0.3) is 11.5 Å². The first-order valence-corrected chi connectivity index (χ1v) is 6.74. The summed E-state index contributed by atoms with van der Waals surface area (Å²) in [4.78, 5) is 29.2. The fraction of sp³-hybridized carbons (Fsp3) is 0.333. The van der Waals surface area contributed by atoms with E-state index in [0.717, 1.165) is 22.9 Å². The fourth-order valence-electron chi connectivity index (χ4n) is 2.80. The van der Waals surface area contributed by atoms with Crippen molar-refractivity contribution in [2.75, 3.05) is 13.1 Å². The maximum absolute atomic E-state index is 12.5. The average molecular weight is 308 g/mol. The van der Waals surface area contributed by atoms with Crippen LogP contribution in [0.25, 0.3) is 10.9 Å². The molecule has 1 aliphatic rings. The van der Waals surface area contributed by atoms with Gasteiger partial charge in [0.05, 0.1) is 0 Å². The normalized spacial score (nSPS) is 17.8. The number of hydrogen-bond acceptors (Lipinski definition) is 3. The highest BCUT2D eigenvalue weighted by molar-refractivity contribution is 6.00. The molecule has 0 aliphatic carbocycles. The van der Waals surface area contributed by atoms with Gasteiger partial charge in [0.1, 0.15) is 5.56 Å². The van der Waals surface area contributed by atoms with Crippen molar-refractivity contribution in [1.82, 2.24) is 9.88 Å². The van der Waals surface area contributed by atoms with E-state index in [1.807, 2.05) is 31.2 Å². The van der Waals surface area contributed by atoms with Crippen molar-refractivity contribution in [3.63, 3.8) is 0 Å². The number of likely N-dealkylation sites (tertiary alicyclic amines) is 1. The second kappa shape index (κ2) is 5.87. The first-order chi connectivity index (χ1) is 9.58. The van der Waals surface area contributed by atoms with Gasteiger partial charge in [-0.1, -0.05) is 18.2 Å². The zero-order valence-corrected chi connectivity index (χ0v) is 12.6. The lowest BCUT2D eigenvalue weighted by molar-refractivity contribution is 0.0788. The molecule has 112 valence electrons. The monoisotopic (exact) mass is 307 g/mol. The minimum absolute atomic E-state index is 0. The van der Waals surface area contributed by atoms with E-state index in [2.05, 4.69) is 4.98 Å². The Kier molecular flexibility index (Phi) is 4.34. The van der Waals surface area contributed by atoms with Gasteiger partial charge in [0, 0.05) is 30.0 Å². The van der Waals surface area contributed by atoms with Crippen molar-refractivity contribution in [2.24, 2.45) is 5.73 Å². The number of nitrogens with two attached hydrogens (primary N) is 1. The van der Waals surface area contributed by atoms with Crippen molar-refractivity contribution in [1.29, 1.82) is 0 Å². The van der Waals surface area contributed by atoms with Crippen LogP contribution in [0.5, 0.6) is 0 Å². The molecule has 0 spiro atoms. The molecule has 6 heteroatoms. The molecule has 1 aliphatic heterocycles. The molecule has 1 aromatic carbocycles. The summed E-state index contributed by atoms with van der Waals surface area (Å²) in [5, 5.41) is 0.902. The third-order valence-electron chi connectivity index (χ3n) is 3.91. The molecule has 0 radical (unpaired) electrons. The quantitative estimate of drug-likeness (QED) is 0.836. The second-order valence-corrected chi connectivity index (χ2v) is 5.30. The number of nitrogens with one attached hydrogen (secondary N) is 1. The first-order valence-electron chi connectivity index (χ1n) is 6.74. The van der Waals surface area contributed by atoms with Crippen LogP contribution >= 0.6 is 12.4 Å². The van der Waals surface area contributed by atoms with E-state index < -0.39 is 0 Å². The van der Waals surface area contributed by atoms with Gasteiger partial charge in [-0.3, -0.25) is 9.59 Å². The van der Waals surface area contributed by atoms with Crippen LogP contribution in [0.3, 0.4) is 0 Å². The Morgan fingerprint density at radius 1 is 1.38 bits per heavy atom. The van der Waals surface area contributed by atoms with Crippen molar-refractivity contribution in [3.8, 4) is 0 Å². The molecule has 0 saturated carbocycles. The number of fused-ring (bicyclic) bond motifs is 1. The van der Waals surface area contributed by atoms with Gasteiger partial charge in [0.15, 0.2) is 0 Å². The lowest BCUT2D eigenvalue weighted by atomic mass is 10.0. The Morgan fingerprint density at radius 2 is 2.10 bits per heavy atom. The first kappa shape index (κ1) is 15.5. The zero-order valence-electron chi connectivity index (χ0n) is 11.8. The number of carbonyl (C=O) groups excluding carboxylic acids is 1. The van der Waals surface area contributed by atoms with Crippen molar-refractivity contribution in [2.45, 2.75) is 19.4 Å². The Hall–Kier alpha value is -1.85. The maximum atomic E-state index is 12.5. The lowest BCUT2D eigenvalue weighted by Crippen LogP contribution is -2.35. The third kappa shape index (κ3) is 2.66. The van der Waals surface area contributed by atoms with E-state index in [9.17, 15) is 9.59 Å². The molecule has 1 aromatic heterocycles. The van der Waals surface area contributed by atoms with Crippen LogP contribution in [0.1, 0.15) is 22.3 Å². The van der Waals surface area contributed by atoms with Crippen molar-refractivity contribution < 1.29 is 4.79 Å². The molecule has 1 amide bonds. The van der Waals surface area contributed by atoms with Gasteiger partial charge in [-0.05, 0) is 25.0 Å². The standard InChI is InChI=1S/C15H17N3O2.ClH/c1-9-11-4-2-3-5-12(11)17-14(19)13(9)15(20)18-7-6-10(16)8-18;/h2-5,10H,6-8,16H2,1H3,(H,17,19);1H/t10-;/m1./s1. The number of H-pyrrole nitrogens is 1. The van der Waals surface area contributed by atoms with Gasteiger partial charge >= 0.3 is 0 Å². The van der Waals surface area contributed by atoms with Crippen LogP contribution in [0.2, 0.25) is 0 Å². The highest BCUT2D eigenvalue weighted by atomic mass is 35.5. The Labute approximate surface area is 128 Å². The van der Waals surface area contributed by atoms with E-state index in [1.165, 1.54) is 0 Å². The number of aromatic nitrogens is 1. The van der Waals surface area contributed by atoms with E-state index >= 15 is 0 Å². The molecule has 1 atom stereocenters. The number of pyridine rings is 1. The SMILES string of the molecule is Cc1c(C(=O)N2CC[C@@H](N)C2)c(=O)[nH]c2ccccc12.Cl. The second-order valence-electron chi connectivity index (χ2n) is 5.30. The summed E-state index contributed by atoms with van der Waals surface area (Å²) in [6, 6.07) is 7.52. The van der Waals surface area contributed by atoms with Crippen LogP contribution in [0, 0.1) is 6.92 Å². The number of benzene rings is 1. The summed E-state index contributed by atoms with van der Waals surface area (Å²) in [5.74, 6) is -0.220. The molecule has 2 heterocycles. The van der Waals surface area contributed by atoms with E-state index in [-0.39, 0.29) is 35.5 Å². The van der Waals surface area contributed by atoms with Gasteiger partial charge in [-0.15, -0.1) is 12.4 Å². The van der Waals surface area contributed by atoms with Crippen LogP contribution < -0.4 is 11.3 Å². The Bertz CT molecular complexity index is 741. The Morgan fingerprint density at radius 3 is 2.76 bits per heavy atom. The number of hydrogen-bond donors (Lipinski definition) is 2. The predicted octanol–water partition coefficient (Wildman–Crippen LogP) is 1.43. The zero-order chi connectivity index (χ0) is 14.3. The number of aryl methyl sites for hydroxylation is 1. The van der Waals surface area contributed by atoms with Crippen LogP contribution in [-0.2, 0) is 0 Å². The molecule has 3 rings (SSSR count). The van der Waals surface area contributed by atoms with E-state index in [1.54, 1.807) is 4.90 Å². The molecule has 21 heavy (non-hydrogen) atoms. The summed E-state index contributed by atoms with van der Waals surface area (Å²) >= 11 is 0. The predicted molar refractivity (Wildman–Crippen MR) is 85.0 cm³/mol. The number of amides is 1. The number of aromatic amines is 1. The molecule has 5 nitrogen and oxygen atoms in total. The van der Waals surface area contributed by atoms with E-state index in [4.69, 9.17) is 5.73 Å². The number of nitrogens with zero attached hydrogens (tertiary/aromatic N) is 1. The van der Waals surface area contributed by atoms with Crippen LogP contribution in [-0.4, -0.2) is 34.9 Å². The number of halogens is 1. The largest absolute Gasteiger partial charge is 0.337 e. The van der Waals surface area contributed by atoms with Gasteiger partial charge in [-0.25, -0.2) is 0 Å². The minimum Gasteiger partial charge on any atom is -0.337 e. The summed E-state index contributed by atoms with van der Waals surface area (Å²) < 4.78 is 0. The summed E-state index contributed by atoms with van der Waals surface area (Å²) in [7, 11) is 0. The van der Waals surface area contributed by atoms with Gasteiger partial charge in [0.2, 0.25) is 0 Å². The van der Waals surface area contributed by atoms with Crippen molar-refractivity contribution >= 4 is 29.2 Å². The summed E-state index contributed by atoms with van der Waals surface area (Å²) in [6.07, 6.45) is 0.788. The van der Waals surface area contributed by atoms with Crippen molar-refractivity contribution in [3.05, 3.63) is 45.7 Å². The molecular formula is C15H18ClN3O2. The highest BCUT2D eigenvalue weighted by Gasteiger charge is 2.27. The molecular weight excluding hydrogens is 290 g/mol. The molecule has 1 fully saturated rings. The topological polar surface area (TPSA) is 79.2 Å². The van der Waals surface area contributed by atoms with Gasteiger partial charge in [-0.2, -0.15) is 0 Å². The smallest absolute Gasteiger partial charge is 0.261 e. The highest BCUT2D eigenvalue weighted by Crippen LogP contribution is 2.19. The Balaban J connectivity index is 0.00000161. The molecule has 1 saturated heterocycles. The number of carbonyl (C=O) groups is 1. The molecule has 2 aromatic rings. The van der Waals surface area contributed by atoms with Crippen LogP contribution in [0.4, 0.5) is 0 Å². The van der Waals surface area contributed by atoms with E-state index in [0.29, 0.717) is 13.1 Å². The van der Waals surface area contributed by atoms with Gasteiger partial charge < -0.3 is 15.6 Å². The number of para-hydroxylation sites is 1. The minimum atomic E-state index is -0.327. The third-order valence-corrected chi connectivity index (χ3v) is 3.91. The molecule has 3 N–H and O–H groups in total. The van der Waals surface area contributed by atoms with Crippen LogP contribution in [0.15, 0.2) is 29.1 Å².